The molecule has 0 radical (unpaired) electrons. The third kappa shape index (κ3) is 2.37. The van der Waals surface area contributed by atoms with Gasteiger partial charge in [0.15, 0.2) is 11.5 Å². The van der Waals surface area contributed by atoms with Crippen LogP contribution in [0.4, 0.5) is 0 Å². The monoisotopic (exact) mass is 346 g/mol. The lowest BCUT2D eigenvalue weighted by Gasteiger charge is -2.26. The van der Waals surface area contributed by atoms with Gasteiger partial charge in [0.25, 0.3) is 0 Å². The highest BCUT2D eigenvalue weighted by atomic mass is 16.7. The van der Waals surface area contributed by atoms with Gasteiger partial charge in [-0.05, 0) is 24.3 Å². The van der Waals surface area contributed by atoms with E-state index in [0.29, 0.717) is 28.7 Å². The zero-order valence-corrected chi connectivity index (χ0v) is 13.7. The van der Waals surface area contributed by atoms with Crippen molar-refractivity contribution in [3.8, 4) is 28.7 Å². The summed E-state index contributed by atoms with van der Waals surface area (Å²) < 4.78 is 22.2. The van der Waals surface area contributed by atoms with Gasteiger partial charge < -0.3 is 18.9 Å². The molecule has 128 valence electrons. The number of rotatable bonds is 2. The van der Waals surface area contributed by atoms with Crippen LogP contribution in [0.5, 0.6) is 28.7 Å². The topological polar surface area (TPSA) is 54.0 Å². The summed E-state index contributed by atoms with van der Waals surface area (Å²) >= 11 is 0. The van der Waals surface area contributed by atoms with E-state index in [0.717, 1.165) is 11.1 Å². The number of hydrogen-bond acceptors (Lipinski definition) is 5. The molecule has 2 aliphatic heterocycles. The predicted octanol–water partition coefficient (Wildman–Crippen LogP) is 4.26. The lowest BCUT2D eigenvalue weighted by atomic mass is 9.88. The van der Waals surface area contributed by atoms with Crippen LogP contribution in [0.2, 0.25) is 0 Å². The van der Waals surface area contributed by atoms with Crippen LogP contribution in [0.25, 0.3) is 0 Å². The van der Waals surface area contributed by atoms with E-state index in [2.05, 4.69) is 0 Å². The molecule has 0 unspecified atom stereocenters. The minimum absolute atomic E-state index is 0.174. The third-order valence-corrected chi connectivity index (χ3v) is 4.48. The molecule has 2 aliphatic rings. The zero-order valence-electron chi connectivity index (χ0n) is 13.7. The van der Waals surface area contributed by atoms with Crippen LogP contribution in [-0.4, -0.2) is 12.8 Å². The van der Waals surface area contributed by atoms with Crippen LogP contribution in [0.15, 0.2) is 66.7 Å². The van der Waals surface area contributed by atoms with Crippen molar-refractivity contribution in [2.24, 2.45) is 0 Å². The van der Waals surface area contributed by atoms with Gasteiger partial charge in [-0.25, -0.2) is 0 Å². The van der Waals surface area contributed by atoms with Gasteiger partial charge in [0.05, 0.1) is 0 Å². The van der Waals surface area contributed by atoms with Crippen molar-refractivity contribution in [1.29, 1.82) is 0 Å². The summed E-state index contributed by atoms with van der Waals surface area (Å²) in [5, 5.41) is 0. The molecule has 0 spiro atoms. The molecule has 0 aliphatic carbocycles. The van der Waals surface area contributed by atoms with Gasteiger partial charge in [-0.3, -0.25) is 4.79 Å². The van der Waals surface area contributed by atoms with Crippen molar-refractivity contribution in [3.63, 3.8) is 0 Å². The predicted molar refractivity (Wildman–Crippen MR) is 93.0 cm³/mol. The largest absolute Gasteiger partial charge is 0.457 e. The molecule has 0 aromatic heterocycles. The van der Waals surface area contributed by atoms with E-state index in [-0.39, 0.29) is 12.8 Å². The molecule has 0 saturated heterocycles. The second kappa shape index (κ2) is 5.81. The van der Waals surface area contributed by atoms with E-state index in [1.807, 2.05) is 48.5 Å². The van der Waals surface area contributed by atoms with Gasteiger partial charge in [0.1, 0.15) is 23.2 Å². The summed E-state index contributed by atoms with van der Waals surface area (Å²) in [6.45, 7) is 0.174. The average Bonchev–Trinajstić information content (AvgIpc) is 3.13. The smallest absolute Gasteiger partial charge is 0.323 e. The second-order valence-corrected chi connectivity index (χ2v) is 6.05. The molecular formula is C21H14O5. The minimum atomic E-state index is -0.554. The summed E-state index contributed by atoms with van der Waals surface area (Å²) in [6, 6.07) is 20.1. The van der Waals surface area contributed by atoms with Crippen LogP contribution < -0.4 is 18.9 Å². The maximum atomic E-state index is 13.0. The Morgan fingerprint density at radius 1 is 0.808 bits per heavy atom. The first-order valence-electron chi connectivity index (χ1n) is 8.26. The molecule has 5 nitrogen and oxygen atoms in total. The standard InChI is InChI=1S/C21H14O5/c22-21(25-13-9-10-18-19(11-13)24-12-23-18)20-14-5-1-3-7-16(14)26-17-8-4-2-6-15(17)20/h1-11,20H,12H2. The van der Waals surface area contributed by atoms with Crippen molar-refractivity contribution in [2.45, 2.75) is 5.92 Å². The first kappa shape index (κ1) is 14.8. The second-order valence-electron chi connectivity index (χ2n) is 6.05. The molecule has 0 saturated carbocycles. The molecule has 5 heteroatoms. The van der Waals surface area contributed by atoms with Gasteiger partial charge in [0.2, 0.25) is 6.79 Å². The first-order chi connectivity index (χ1) is 12.8. The Morgan fingerprint density at radius 2 is 1.46 bits per heavy atom. The Kier molecular flexibility index (Phi) is 3.31. The highest BCUT2D eigenvalue weighted by Crippen LogP contribution is 2.44. The van der Waals surface area contributed by atoms with Gasteiger partial charge >= 0.3 is 5.97 Å². The summed E-state index contributed by atoms with van der Waals surface area (Å²) in [7, 11) is 0. The Morgan fingerprint density at radius 3 is 2.19 bits per heavy atom. The number of fused-ring (bicyclic) bond motifs is 3. The first-order valence-corrected chi connectivity index (χ1v) is 8.26. The molecule has 0 N–H and O–H groups in total. The maximum Gasteiger partial charge on any atom is 0.323 e. The molecule has 0 fully saturated rings. The fourth-order valence-electron chi connectivity index (χ4n) is 3.28. The number of carbonyl (C=O) groups is 1. The Bertz CT molecular complexity index is 965. The minimum Gasteiger partial charge on any atom is -0.457 e. The molecule has 2 heterocycles. The Labute approximate surface area is 149 Å². The molecule has 0 amide bonds. The summed E-state index contributed by atoms with van der Waals surface area (Å²) in [4.78, 5) is 13.0. The van der Waals surface area contributed by atoms with E-state index >= 15 is 0 Å². The zero-order chi connectivity index (χ0) is 17.5. The summed E-state index contributed by atoms with van der Waals surface area (Å²) in [5.74, 6) is 2.04. The van der Waals surface area contributed by atoms with Crippen LogP contribution in [0, 0.1) is 0 Å². The van der Waals surface area contributed by atoms with Gasteiger partial charge in [-0.1, -0.05) is 36.4 Å². The van der Waals surface area contributed by atoms with Gasteiger partial charge in [0, 0.05) is 17.2 Å². The number of hydrogen-bond donors (Lipinski definition) is 0. The van der Waals surface area contributed by atoms with Crippen molar-refractivity contribution >= 4 is 5.97 Å². The van der Waals surface area contributed by atoms with E-state index in [4.69, 9.17) is 18.9 Å². The van der Waals surface area contributed by atoms with Crippen LogP contribution >= 0.6 is 0 Å². The lowest BCUT2D eigenvalue weighted by Crippen LogP contribution is -2.23. The van der Waals surface area contributed by atoms with E-state index in [1.165, 1.54) is 0 Å². The van der Waals surface area contributed by atoms with Crippen LogP contribution in [-0.2, 0) is 4.79 Å². The SMILES string of the molecule is O=C(Oc1ccc2c(c1)OCO2)C1c2ccccc2Oc2ccccc21. The van der Waals surface area contributed by atoms with Crippen LogP contribution in [0.1, 0.15) is 17.0 Å². The van der Waals surface area contributed by atoms with Crippen molar-refractivity contribution in [2.75, 3.05) is 6.79 Å². The number of ether oxygens (including phenoxy) is 4. The van der Waals surface area contributed by atoms with Crippen LogP contribution in [0.3, 0.4) is 0 Å². The third-order valence-electron chi connectivity index (χ3n) is 4.48. The molecule has 5 rings (SSSR count). The highest BCUT2D eigenvalue weighted by molar-refractivity contribution is 5.87. The van der Waals surface area contributed by atoms with Gasteiger partial charge in [-0.2, -0.15) is 0 Å². The van der Waals surface area contributed by atoms with Gasteiger partial charge in [-0.15, -0.1) is 0 Å². The molecule has 0 bridgehead atoms. The Hall–Kier alpha value is -3.47. The number of benzene rings is 3. The quantitative estimate of drug-likeness (QED) is 0.513. The summed E-state index contributed by atoms with van der Waals surface area (Å²) in [6.07, 6.45) is 0. The number of para-hydroxylation sites is 2. The number of esters is 1. The maximum absolute atomic E-state index is 13.0. The highest BCUT2D eigenvalue weighted by Gasteiger charge is 2.34. The lowest BCUT2D eigenvalue weighted by molar-refractivity contribution is -0.135. The molecule has 0 atom stereocenters. The van der Waals surface area contributed by atoms with Crippen molar-refractivity contribution in [3.05, 3.63) is 77.9 Å². The van der Waals surface area contributed by atoms with E-state index in [9.17, 15) is 4.79 Å². The normalized spacial score (nSPS) is 14.2. The Balaban J connectivity index is 1.52. The van der Waals surface area contributed by atoms with Crippen molar-refractivity contribution in [1.82, 2.24) is 0 Å². The molecule has 3 aromatic carbocycles. The van der Waals surface area contributed by atoms with E-state index in [1.54, 1.807) is 18.2 Å². The fourth-order valence-corrected chi connectivity index (χ4v) is 3.28. The van der Waals surface area contributed by atoms with Crippen molar-refractivity contribution < 1.29 is 23.7 Å². The number of carbonyl (C=O) groups excluding carboxylic acids is 1. The summed E-state index contributed by atoms with van der Waals surface area (Å²) in [5.41, 5.74) is 1.58. The fraction of sp³-hybridized carbons (Fsp3) is 0.0952. The molecule has 26 heavy (non-hydrogen) atoms. The molecular weight excluding hydrogens is 332 g/mol. The van der Waals surface area contributed by atoms with E-state index < -0.39 is 5.92 Å². The molecule has 3 aromatic rings. The average molecular weight is 346 g/mol.